The van der Waals surface area contributed by atoms with Gasteiger partial charge in [0.1, 0.15) is 5.58 Å². The third kappa shape index (κ3) is 5.33. The molecule has 3 nitrogen and oxygen atoms in total. The van der Waals surface area contributed by atoms with Gasteiger partial charge >= 0.3 is 0 Å². The van der Waals surface area contributed by atoms with Gasteiger partial charge in [0, 0.05) is 32.6 Å². The number of aromatic nitrogens is 2. The van der Waals surface area contributed by atoms with Crippen LogP contribution >= 0.6 is 0 Å². The number of hydrogen-bond acceptors (Lipinski definition) is 1. The van der Waals surface area contributed by atoms with Crippen molar-refractivity contribution < 1.29 is 15.4 Å². The van der Waals surface area contributed by atoms with Crippen LogP contribution in [-0.2, 0) is 0 Å². The molecule has 0 radical (unpaired) electrons. The number of hydrogen-bond donors (Lipinski definition) is 0. The third-order valence-electron chi connectivity index (χ3n) is 12.9. The lowest BCUT2D eigenvalue weighted by atomic mass is 10.1. The summed E-state index contributed by atoms with van der Waals surface area (Å²) in [6.45, 7) is 0. The summed E-state index contributed by atoms with van der Waals surface area (Å²) in [5.41, 5.74) is 6.40. The first-order valence-electron chi connectivity index (χ1n) is 25.4. The first kappa shape index (κ1) is 29.2. The van der Waals surface area contributed by atoms with Crippen LogP contribution in [-0.4, -0.2) is 17.2 Å². The summed E-state index contributed by atoms with van der Waals surface area (Å²) in [5, 5.41) is 8.26. The van der Waals surface area contributed by atoms with Crippen molar-refractivity contribution in [1.82, 2.24) is 9.13 Å². The molecule has 0 atom stereocenters. The van der Waals surface area contributed by atoms with Gasteiger partial charge in [-0.15, -0.1) is 0 Å². The van der Waals surface area contributed by atoms with Gasteiger partial charge in [0.05, 0.1) is 44.1 Å². The Morgan fingerprint density at radius 3 is 1.53 bits per heavy atom. The maximum Gasteiger partial charge on any atom is 0.179 e. The zero-order valence-electron chi connectivity index (χ0n) is 42.3. The van der Waals surface area contributed by atoms with Gasteiger partial charge in [0.25, 0.3) is 0 Å². The van der Waals surface area contributed by atoms with Gasteiger partial charge in [0.2, 0.25) is 0 Å². The Balaban J connectivity index is 1.11. The van der Waals surface area contributed by atoms with E-state index in [0.29, 0.717) is 16.9 Å². The zero-order chi connectivity index (χ0) is 49.2. The molecule has 0 fully saturated rings. The van der Waals surface area contributed by atoms with Crippen molar-refractivity contribution in [1.29, 1.82) is 0 Å². The van der Waals surface area contributed by atoms with E-state index >= 15 is 0 Å². The Bertz CT molecular complexity index is 4230. The second-order valence-electron chi connectivity index (χ2n) is 16.2. The molecular formula is C60H40N2OSi. The van der Waals surface area contributed by atoms with Crippen LogP contribution in [0.15, 0.2) is 247 Å². The molecule has 0 spiro atoms. The molecule has 0 bridgehead atoms. The lowest BCUT2D eigenvalue weighted by Gasteiger charge is -2.34. The van der Waals surface area contributed by atoms with E-state index in [9.17, 15) is 2.74 Å². The molecular weight excluding hydrogens is 793 g/mol. The Labute approximate surface area is 382 Å². The number of furan rings is 1. The lowest BCUT2D eigenvalue weighted by Crippen LogP contribution is -2.74. The molecule has 0 N–H and O–H groups in total. The number of para-hydroxylation sites is 4. The van der Waals surface area contributed by atoms with Crippen molar-refractivity contribution in [2.75, 3.05) is 0 Å². The van der Waals surface area contributed by atoms with Gasteiger partial charge in [-0.05, 0) is 74.3 Å². The predicted molar refractivity (Wildman–Crippen MR) is 271 cm³/mol. The van der Waals surface area contributed by atoms with E-state index in [4.69, 9.17) is 12.6 Å². The largest absolute Gasteiger partial charge is 0.454 e. The quantitative estimate of drug-likeness (QED) is 0.116. The molecule has 300 valence electrons. The third-order valence-corrected chi connectivity index (χ3v) is 17.7. The molecule has 13 rings (SSSR count). The molecule has 0 amide bonds. The van der Waals surface area contributed by atoms with Crippen LogP contribution < -0.4 is 20.7 Å². The average Bonchev–Trinajstić information content (AvgIpc) is 4.11. The van der Waals surface area contributed by atoms with Gasteiger partial charge < -0.3 is 13.6 Å². The van der Waals surface area contributed by atoms with Crippen LogP contribution in [0.4, 0.5) is 0 Å². The fourth-order valence-corrected chi connectivity index (χ4v) is 14.9. The average molecular weight is 841 g/mol. The van der Waals surface area contributed by atoms with Crippen molar-refractivity contribution in [2.24, 2.45) is 0 Å². The van der Waals surface area contributed by atoms with Gasteiger partial charge in [0.15, 0.2) is 13.7 Å². The second-order valence-corrected chi connectivity index (χ2v) is 20.0. The molecule has 0 aliphatic rings. The fraction of sp³-hybridized carbons (Fsp3) is 0. The predicted octanol–water partition coefficient (Wildman–Crippen LogP) is 12.8. The van der Waals surface area contributed by atoms with Gasteiger partial charge in [-0.1, -0.05) is 200 Å². The molecule has 10 aromatic carbocycles. The van der Waals surface area contributed by atoms with Crippen LogP contribution in [0.3, 0.4) is 0 Å². The van der Waals surface area contributed by atoms with Crippen molar-refractivity contribution in [3.8, 4) is 22.5 Å². The summed E-state index contributed by atoms with van der Waals surface area (Å²) in [6, 6.07) is 64.6. The number of nitrogens with zero attached hydrogens (tertiary/aromatic N) is 2. The maximum atomic E-state index is 9.33. The molecule has 0 aliphatic carbocycles. The highest BCUT2D eigenvalue weighted by Gasteiger charge is 2.41. The summed E-state index contributed by atoms with van der Waals surface area (Å²) in [5.74, 6) is 0. The van der Waals surface area contributed by atoms with Crippen LogP contribution in [0.25, 0.3) is 88.1 Å². The van der Waals surface area contributed by atoms with E-state index in [2.05, 4.69) is 150 Å². The second kappa shape index (κ2) is 14.5. The standard InChI is InChI=1S/C60H40N2OSi/c1-4-18-41(19-5-1)42-32-36-46(37-33-42)64(44-20-6-2-7-21-44,45-22-8-3-9-23-45)47-38-34-43(35-39-47)61-53-28-14-12-26-50(53)52-40-56(60-58(59(52)61)51-27-13-17-31-57(51)63-60)62-54-29-15-10-24-48(54)49-25-11-16-30-55(49)62/h1-40H/i10D,11D,15D,16D,24D,25D,29D,30D. The van der Waals surface area contributed by atoms with Crippen LogP contribution in [0.1, 0.15) is 11.0 Å². The van der Waals surface area contributed by atoms with Crippen molar-refractivity contribution in [2.45, 2.75) is 0 Å². The van der Waals surface area contributed by atoms with Gasteiger partial charge in [-0.3, -0.25) is 0 Å². The Morgan fingerprint density at radius 2 is 0.891 bits per heavy atom. The minimum atomic E-state index is -2.96. The Hall–Kier alpha value is -8.18. The normalized spacial score (nSPS) is 13.8. The zero-order valence-corrected chi connectivity index (χ0v) is 35.3. The van der Waals surface area contributed by atoms with Crippen LogP contribution in [0.5, 0.6) is 0 Å². The minimum Gasteiger partial charge on any atom is -0.454 e. The lowest BCUT2D eigenvalue weighted by molar-refractivity contribution is 0.666. The minimum absolute atomic E-state index is 0.00708. The molecule has 3 aromatic heterocycles. The number of fused-ring (bicyclic) bond motifs is 10. The highest BCUT2D eigenvalue weighted by Crippen LogP contribution is 2.45. The molecule has 0 aliphatic heterocycles. The van der Waals surface area contributed by atoms with Gasteiger partial charge in [-0.2, -0.15) is 0 Å². The first-order chi connectivity index (χ1) is 35.1. The van der Waals surface area contributed by atoms with Crippen molar-refractivity contribution in [3.05, 3.63) is 242 Å². The highest BCUT2D eigenvalue weighted by molar-refractivity contribution is 7.19. The summed E-state index contributed by atoms with van der Waals surface area (Å²) < 4.78 is 82.6. The van der Waals surface area contributed by atoms with Gasteiger partial charge in [-0.25, -0.2) is 0 Å². The molecule has 64 heavy (non-hydrogen) atoms. The molecule has 13 aromatic rings. The fourth-order valence-electron chi connectivity index (χ4n) is 10.2. The van der Waals surface area contributed by atoms with E-state index in [-0.39, 0.29) is 33.9 Å². The summed E-state index contributed by atoms with van der Waals surface area (Å²) in [6.07, 6.45) is 0. The van der Waals surface area contributed by atoms with Crippen LogP contribution in [0, 0.1) is 0 Å². The van der Waals surface area contributed by atoms with E-state index < -0.39 is 44.3 Å². The van der Waals surface area contributed by atoms with Crippen molar-refractivity contribution >= 4 is 94.4 Å². The monoisotopic (exact) mass is 840 g/mol. The Kier molecular flexibility index (Phi) is 6.59. The SMILES string of the molecule is [2H]c1c([2H])c([2H])c2c(c1[2H])c1c([2H])c([2H])c([2H])c([2H])c1n2-c1cc2c3ccccc3n(-c3ccc([Si](c4ccccc4)(c4ccccc4)c4ccc(-c5ccccc5)cc4)cc3)c2c2c1oc1ccccc12. The van der Waals surface area contributed by atoms with E-state index in [0.717, 1.165) is 49.4 Å². The topological polar surface area (TPSA) is 23.0 Å². The van der Waals surface area contributed by atoms with E-state index in [1.165, 1.54) is 20.7 Å². The number of rotatable bonds is 7. The highest BCUT2D eigenvalue weighted by atomic mass is 28.3. The van der Waals surface area contributed by atoms with E-state index in [1.54, 1.807) is 4.57 Å². The summed E-state index contributed by atoms with van der Waals surface area (Å²) in [7, 11) is -2.96. The van der Waals surface area contributed by atoms with Crippen LogP contribution in [0.2, 0.25) is 0 Å². The molecule has 4 heteroatoms. The molecule has 0 saturated carbocycles. The molecule has 0 saturated heterocycles. The maximum absolute atomic E-state index is 9.33. The summed E-state index contributed by atoms with van der Waals surface area (Å²) >= 11 is 0. The first-order valence-corrected chi connectivity index (χ1v) is 23.4. The summed E-state index contributed by atoms with van der Waals surface area (Å²) in [4.78, 5) is 0. The Morgan fingerprint density at radius 1 is 0.391 bits per heavy atom. The smallest absolute Gasteiger partial charge is 0.179 e. The number of benzene rings is 10. The van der Waals surface area contributed by atoms with E-state index in [1.807, 2.05) is 48.5 Å². The molecule has 0 unspecified atom stereocenters. The van der Waals surface area contributed by atoms with Crippen molar-refractivity contribution in [3.63, 3.8) is 0 Å². The molecule has 3 heterocycles.